The number of hydrogen-bond donors (Lipinski definition) is 1. The average molecular weight is 219 g/mol. The van der Waals surface area contributed by atoms with Gasteiger partial charge in [-0.15, -0.1) is 0 Å². The lowest BCUT2D eigenvalue weighted by atomic mass is 10.1. The average Bonchev–Trinajstić information content (AvgIpc) is 2.71. The first kappa shape index (κ1) is 11.6. The van der Waals surface area contributed by atoms with Gasteiger partial charge in [0.25, 0.3) is 0 Å². The highest BCUT2D eigenvalue weighted by Gasteiger charge is 2.17. The minimum absolute atomic E-state index is 0.107. The van der Waals surface area contributed by atoms with Crippen molar-refractivity contribution < 1.29 is 5.11 Å². The van der Waals surface area contributed by atoms with Crippen LogP contribution in [-0.2, 0) is 13.1 Å². The van der Waals surface area contributed by atoms with E-state index in [1.807, 2.05) is 6.92 Å². The van der Waals surface area contributed by atoms with Crippen LogP contribution in [0.4, 0.5) is 0 Å². The molecule has 1 N–H and O–H groups in total. The molecule has 1 heterocycles. The van der Waals surface area contributed by atoms with E-state index in [1.165, 1.54) is 11.1 Å². The van der Waals surface area contributed by atoms with E-state index in [0.29, 0.717) is 0 Å². The first-order valence-corrected chi connectivity index (χ1v) is 6.26. The predicted molar refractivity (Wildman–Crippen MR) is 66.1 cm³/mol. The molecule has 0 spiro atoms. The quantitative estimate of drug-likeness (QED) is 0.822. The van der Waals surface area contributed by atoms with Gasteiger partial charge in [-0.2, -0.15) is 0 Å². The van der Waals surface area contributed by atoms with Crippen molar-refractivity contribution in [2.45, 2.75) is 45.4 Å². The molecule has 1 unspecified atom stereocenters. The van der Waals surface area contributed by atoms with Gasteiger partial charge in [0.15, 0.2) is 0 Å². The van der Waals surface area contributed by atoms with Crippen LogP contribution in [0.25, 0.3) is 0 Å². The summed E-state index contributed by atoms with van der Waals surface area (Å²) in [5.41, 5.74) is 2.94. The number of nitrogens with zero attached hydrogens (tertiary/aromatic N) is 1. The number of rotatable bonds is 5. The molecule has 1 aliphatic heterocycles. The van der Waals surface area contributed by atoms with Crippen molar-refractivity contribution in [1.82, 2.24) is 4.90 Å². The van der Waals surface area contributed by atoms with E-state index in [-0.39, 0.29) is 6.10 Å². The summed E-state index contributed by atoms with van der Waals surface area (Å²) in [5.74, 6) is 0. The molecule has 0 fully saturated rings. The molecule has 1 aliphatic rings. The maximum atomic E-state index is 9.49. The standard InChI is InChI=1S/C14H21NO/c1-2-14(16)8-5-9-15-10-12-6-3-4-7-13(12)11-15/h3-4,6-7,14,16H,2,5,8-11H2,1H3. The van der Waals surface area contributed by atoms with Gasteiger partial charge in [-0.1, -0.05) is 31.2 Å². The fourth-order valence-electron chi connectivity index (χ4n) is 2.32. The maximum absolute atomic E-state index is 9.49. The number of aliphatic hydroxyl groups is 1. The largest absolute Gasteiger partial charge is 0.393 e. The summed E-state index contributed by atoms with van der Waals surface area (Å²) in [7, 11) is 0. The maximum Gasteiger partial charge on any atom is 0.0538 e. The molecule has 0 aromatic heterocycles. The van der Waals surface area contributed by atoms with E-state index < -0.39 is 0 Å². The molecule has 88 valence electrons. The van der Waals surface area contributed by atoms with Gasteiger partial charge in [0.05, 0.1) is 6.10 Å². The van der Waals surface area contributed by atoms with Crippen LogP contribution in [0.5, 0.6) is 0 Å². The van der Waals surface area contributed by atoms with Crippen LogP contribution in [-0.4, -0.2) is 22.7 Å². The van der Waals surface area contributed by atoms with Crippen molar-refractivity contribution in [2.24, 2.45) is 0 Å². The molecule has 1 aromatic carbocycles. The van der Waals surface area contributed by atoms with E-state index in [0.717, 1.165) is 38.9 Å². The highest BCUT2D eigenvalue weighted by atomic mass is 16.3. The summed E-state index contributed by atoms with van der Waals surface area (Å²) in [4.78, 5) is 2.47. The molecule has 1 atom stereocenters. The van der Waals surface area contributed by atoms with E-state index >= 15 is 0 Å². The van der Waals surface area contributed by atoms with Gasteiger partial charge in [-0.3, -0.25) is 4.90 Å². The van der Waals surface area contributed by atoms with E-state index in [2.05, 4.69) is 29.2 Å². The molecule has 0 bridgehead atoms. The number of aliphatic hydroxyl groups excluding tert-OH is 1. The summed E-state index contributed by atoms with van der Waals surface area (Å²) in [6.45, 7) is 5.30. The van der Waals surface area contributed by atoms with Gasteiger partial charge in [-0.25, -0.2) is 0 Å². The second-order valence-electron chi connectivity index (χ2n) is 4.68. The molecule has 2 heteroatoms. The molecule has 1 aromatic rings. The van der Waals surface area contributed by atoms with Crippen LogP contribution in [0.2, 0.25) is 0 Å². The third-order valence-electron chi connectivity index (χ3n) is 3.39. The first-order chi connectivity index (χ1) is 7.79. The van der Waals surface area contributed by atoms with Crippen LogP contribution in [0.1, 0.15) is 37.3 Å². The van der Waals surface area contributed by atoms with E-state index in [9.17, 15) is 5.11 Å². The SMILES string of the molecule is CCC(O)CCCN1Cc2ccccc2C1. The van der Waals surface area contributed by atoms with Gasteiger partial charge in [0.2, 0.25) is 0 Å². The lowest BCUT2D eigenvalue weighted by Crippen LogP contribution is -2.19. The van der Waals surface area contributed by atoms with Crippen LogP contribution >= 0.6 is 0 Å². The van der Waals surface area contributed by atoms with Crippen LogP contribution in [0, 0.1) is 0 Å². The van der Waals surface area contributed by atoms with E-state index in [4.69, 9.17) is 0 Å². The monoisotopic (exact) mass is 219 g/mol. The summed E-state index contributed by atoms with van der Waals surface area (Å²) >= 11 is 0. The van der Waals surface area contributed by atoms with Crippen LogP contribution < -0.4 is 0 Å². The highest BCUT2D eigenvalue weighted by molar-refractivity contribution is 5.30. The molecule has 0 aliphatic carbocycles. The molecular formula is C14H21NO. The Balaban J connectivity index is 1.75. The second-order valence-corrected chi connectivity index (χ2v) is 4.68. The Morgan fingerprint density at radius 2 is 1.88 bits per heavy atom. The molecule has 2 rings (SSSR count). The fourth-order valence-corrected chi connectivity index (χ4v) is 2.32. The minimum atomic E-state index is -0.107. The van der Waals surface area contributed by atoms with Crippen molar-refractivity contribution in [1.29, 1.82) is 0 Å². The molecule has 0 saturated carbocycles. The predicted octanol–water partition coefficient (Wildman–Crippen LogP) is 2.55. The lowest BCUT2D eigenvalue weighted by Gasteiger charge is -2.15. The van der Waals surface area contributed by atoms with Gasteiger partial charge in [0, 0.05) is 13.1 Å². The third kappa shape index (κ3) is 2.83. The van der Waals surface area contributed by atoms with Gasteiger partial charge >= 0.3 is 0 Å². The Hall–Kier alpha value is -0.860. The zero-order valence-electron chi connectivity index (χ0n) is 10.0. The molecule has 0 amide bonds. The van der Waals surface area contributed by atoms with Gasteiger partial charge in [0.1, 0.15) is 0 Å². The van der Waals surface area contributed by atoms with Crippen LogP contribution in [0.3, 0.4) is 0 Å². The summed E-state index contributed by atoms with van der Waals surface area (Å²) in [6.07, 6.45) is 2.80. The van der Waals surface area contributed by atoms with Crippen molar-refractivity contribution in [3.63, 3.8) is 0 Å². The fraction of sp³-hybridized carbons (Fsp3) is 0.571. The minimum Gasteiger partial charge on any atom is -0.393 e. The number of benzene rings is 1. The Bertz CT molecular complexity index is 312. The van der Waals surface area contributed by atoms with Crippen LogP contribution in [0.15, 0.2) is 24.3 Å². The smallest absolute Gasteiger partial charge is 0.0538 e. The van der Waals surface area contributed by atoms with Gasteiger partial charge in [-0.05, 0) is 36.9 Å². The normalized spacial score (nSPS) is 17.4. The third-order valence-corrected chi connectivity index (χ3v) is 3.39. The topological polar surface area (TPSA) is 23.5 Å². The Kier molecular flexibility index (Phi) is 3.97. The van der Waals surface area contributed by atoms with Gasteiger partial charge < -0.3 is 5.11 Å². The summed E-state index contributed by atoms with van der Waals surface area (Å²) in [6, 6.07) is 8.67. The summed E-state index contributed by atoms with van der Waals surface area (Å²) in [5, 5.41) is 9.49. The zero-order chi connectivity index (χ0) is 11.4. The Labute approximate surface area is 97.9 Å². The Morgan fingerprint density at radius 3 is 2.44 bits per heavy atom. The molecule has 0 radical (unpaired) electrons. The molecule has 2 nitrogen and oxygen atoms in total. The van der Waals surface area contributed by atoms with Crippen molar-refractivity contribution in [3.05, 3.63) is 35.4 Å². The Morgan fingerprint density at radius 1 is 1.25 bits per heavy atom. The first-order valence-electron chi connectivity index (χ1n) is 6.26. The number of fused-ring (bicyclic) bond motifs is 1. The zero-order valence-corrected chi connectivity index (χ0v) is 10.0. The molecule has 16 heavy (non-hydrogen) atoms. The molecule has 0 saturated heterocycles. The van der Waals surface area contributed by atoms with Crippen molar-refractivity contribution in [2.75, 3.05) is 6.54 Å². The summed E-state index contributed by atoms with van der Waals surface area (Å²) < 4.78 is 0. The highest BCUT2D eigenvalue weighted by Crippen LogP contribution is 2.22. The van der Waals surface area contributed by atoms with Crippen molar-refractivity contribution in [3.8, 4) is 0 Å². The number of hydrogen-bond acceptors (Lipinski definition) is 2. The van der Waals surface area contributed by atoms with E-state index in [1.54, 1.807) is 0 Å². The molecular weight excluding hydrogens is 198 g/mol. The second kappa shape index (κ2) is 5.46. The van der Waals surface area contributed by atoms with Crippen molar-refractivity contribution >= 4 is 0 Å². The lowest BCUT2D eigenvalue weighted by molar-refractivity contribution is 0.149.